The van der Waals surface area contributed by atoms with Gasteiger partial charge in [0.15, 0.2) is 8.32 Å². The lowest BCUT2D eigenvalue weighted by molar-refractivity contribution is 0.225. The number of benzene rings is 1. The van der Waals surface area contributed by atoms with Crippen molar-refractivity contribution in [2.45, 2.75) is 25.7 Å². The van der Waals surface area contributed by atoms with Gasteiger partial charge in [-0.3, -0.25) is 0 Å². The number of halogens is 2. The van der Waals surface area contributed by atoms with Crippen molar-refractivity contribution >= 4 is 40.2 Å². The molecule has 0 amide bonds. The first-order valence-electron chi connectivity index (χ1n) is 4.91. The van der Waals surface area contributed by atoms with Gasteiger partial charge >= 0.3 is 0 Å². The highest BCUT2D eigenvalue weighted by Gasteiger charge is 2.21. The molecule has 1 nitrogen and oxygen atoms in total. The molecular formula is C11H16Br2OSi. The van der Waals surface area contributed by atoms with Crippen LogP contribution in [-0.2, 0) is 4.43 Å². The maximum Gasteiger partial charge on any atom is 0.184 e. The summed E-state index contributed by atoms with van der Waals surface area (Å²) in [6, 6.07) is 8.30. The van der Waals surface area contributed by atoms with Crippen molar-refractivity contribution in [1.82, 2.24) is 0 Å². The van der Waals surface area contributed by atoms with E-state index in [1.165, 1.54) is 5.56 Å². The molecule has 0 spiro atoms. The molecule has 1 atom stereocenters. The highest BCUT2D eigenvalue weighted by molar-refractivity contribution is 9.10. The van der Waals surface area contributed by atoms with E-state index in [1.54, 1.807) is 0 Å². The van der Waals surface area contributed by atoms with Crippen LogP contribution in [-0.4, -0.2) is 13.6 Å². The van der Waals surface area contributed by atoms with Crippen LogP contribution in [0.5, 0.6) is 0 Å². The second-order valence-electron chi connectivity index (χ2n) is 4.43. The predicted octanol–water partition coefficient (Wildman–Crippen LogP) is 4.74. The molecule has 0 aliphatic carbocycles. The van der Waals surface area contributed by atoms with Crippen molar-refractivity contribution in [2.24, 2.45) is 0 Å². The van der Waals surface area contributed by atoms with Crippen LogP contribution in [0.4, 0.5) is 0 Å². The van der Waals surface area contributed by atoms with Gasteiger partial charge in [0.25, 0.3) is 0 Å². The molecule has 0 saturated heterocycles. The molecule has 15 heavy (non-hydrogen) atoms. The minimum atomic E-state index is -1.49. The van der Waals surface area contributed by atoms with Crippen LogP contribution in [0.25, 0.3) is 0 Å². The average Bonchev–Trinajstić information content (AvgIpc) is 2.13. The smallest absolute Gasteiger partial charge is 0.184 e. The van der Waals surface area contributed by atoms with Gasteiger partial charge in [0.05, 0.1) is 6.10 Å². The van der Waals surface area contributed by atoms with E-state index in [4.69, 9.17) is 4.43 Å². The molecule has 0 unspecified atom stereocenters. The molecule has 1 aromatic rings. The van der Waals surface area contributed by atoms with E-state index >= 15 is 0 Å². The summed E-state index contributed by atoms with van der Waals surface area (Å²) in [4.78, 5) is 0. The molecule has 0 heterocycles. The van der Waals surface area contributed by atoms with E-state index in [1.807, 2.05) is 12.1 Å². The zero-order chi connectivity index (χ0) is 11.5. The largest absolute Gasteiger partial charge is 0.410 e. The zero-order valence-corrected chi connectivity index (χ0v) is 13.4. The molecular weight excluding hydrogens is 336 g/mol. The molecule has 0 aliphatic rings. The Morgan fingerprint density at radius 3 is 2.47 bits per heavy atom. The van der Waals surface area contributed by atoms with Crippen molar-refractivity contribution < 1.29 is 4.43 Å². The summed E-state index contributed by atoms with van der Waals surface area (Å²) >= 11 is 6.99. The maximum atomic E-state index is 6.10. The number of hydrogen-bond acceptors (Lipinski definition) is 1. The van der Waals surface area contributed by atoms with E-state index in [-0.39, 0.29) is 6.10 Å². The number of rotatable bonds is 4. The summed E-state index contributed by atoms with van der Waals surface area (Å²) in [6.07, 6.45) is 0.161. The first kappa shape index (κ1) is 13.4. The van der Waals surface area contributed by atoms with E-state index in [2.05, 4.69) is 63.6 Å². The van der Waals surface area contributed by atoms with Crippen LogP contribution in [0, 0.1) is 0 Å². The fraction of sp³-hybridized carbons (Fsp3) is 0.455. The van der Waals surface area contributed by atoms with Crippen molar-refractivity contribution in [3.63, 3.8) is 0 Å². The van der Waals surface area contributed by atoms with Gasteiger partial charge in [-0.05, 0) is 37.3 Å². The van der Waals surface area contributed by atoms with Crippen LogP contribution < -0.4 is 0 Å². The predicted molar refractivity (Wildman–Crippen MR) is 75.1 cm³/mol. The number of alkyl halides is 1. The highest BCUT2D eigenvalue weighted by atomic mass is 79.9. The summed E-state index contributed by atoms with van der Waals surface area (Å²) in [5.41, 5.74) is 1.23. The van der Waals surface area contributed by atoms with Crippen molar-refractivity contribution in [3.05, 3.63) is 34.3 Å². The fourth-order valence-corrected chi connectivity index (χ4v) is 3.56. The molecule has 0 N–H and O–H groups in total. The molecule has 4 heteroatoms. The molecule has 1 aromatic carbocycles. The third-order valence-electron chi connectivity index (χ3n) is 1.86. The maximum absolute atomic E-state index is 6.10. The standard InChI is InChI=1S/C11H16Br2OSi/c1-15(2,3)14-11(8-12)9-5-4-6-10(13)7-9/h4-7,11H,8H2,1-3H3/t11-/m1/s1. The SMILES string of the molecule is C[Si](C)(C)O[C@H](CBr)c1cccc(Br)c1. The molecule has 0 aliphatic heterocycles. The van der Waals surface area contributed by atoms with E-state index < -0.39 is 8.32 Å². The molecule has 0 saturated carbocycles. The van der Waals surface area contributed by atoms with Gasteiger partial charge in [-0.25, -0.2) is 0 Å². The van der Waals surface area contributed by atoms with Gasteiger partial charge in [0, 0.05) is 9.80 Å². The third-order valence-corrected chi connectivity index (χ3v) is 3.93. The van der Waals surface area contributed by atoms with E-state index in [0.29, 0.717) is 0 Å². The molecule has 0 bridgehead atoms. The minimum Gasteiger partial charge on any atom is -0.410 e. The summed E-state index contributed by atoms with van der Waals surface area (Å²) in [6.45, 7) is 6.63. The van der Waals surface area contributed by atoms with Gasteiger partial charge in [-0.15, -0.1) is 0 Å². The van der Waals surface area contributed by atoms with Crippen molar-refractivity contribution in [1.29, 1.82) is 0 Å². The molecule has 0 aromatic heterocycles. The lowest BCUT2D eigenvalue weighted by Crippen LogP contribution is -2.28. The second-order valence-corrected chi connectivity index (χ2v) is 10.5. The quantitative estimate of drug-likeness (QED) is 0.562. The Bertz CT molecular complexity index is 323. The molecule has 0 radical (unpaired) electrons. The van der Waals surface area contributed by atoms with E-state index in [0.717, 1.165) is 9.80 Å². The second kappa shape index (κ2) is 5.62. The first-order valence-corrected chi connectivity index (χ1v) is 10.2. The van der Waals surface area contributed by atoms with Crippen molar-refractivity contribution in [3.8, 4) is 0 Å². The monoisotopic (exact) mass is 350 g/mol. The Balaban J connectivity index is 2.83. The summed E-state index contributed by atoms with van der Waals surface area (Å²) < 4.78 is 7.20. The summed E-state index contributed by atoms with van der Waals surface area (Å²) in [5, 5.41) is 0.841. The highest BCUT2D eigenvalue weighted by Crippen LogP contribution is 2.26. The van der Waals surface area contributed by atoms with E-state index in [9.17, 15) is 0 Å². The first-order chi connectivity index (χ1) is 6.92. The Morgan fingerprint density at radius 1 is 1.33 bits per heavy atom. The molecule has 84 valence electrons. The lowest BCUT2D eigenvalue weighted by atomic mass is 10.1. The summed E-state index contributed by atoms with van der Waals surface area (Å²) in [7, 11) is -1.49. The van der Waals surface area contributed by atoms with Gasteiger partial charge in [-0.2, -0.15) is 0 Å². The Labute approximate surface area is 110 Å². The van der Waals surface area contributed by atoms with Gasteiger partial charge in [0.1, 0.15) is 0 Å². The minimum absolute atomic E-state index is 0.161. The van der Waals surface area contributed by atoms with Crippen LogP contribution in [0.15, 0.2) is 28.7 Å². The van der Waals surface area contributed by atoms with Crippen molar-refractivity contribution in [2.75, 3.05) is 5.33 Å². The molecule has 0 fully saturated rings. The average molecular weight is 352 g/mol. The van der Waals surface area contributed by atoms with Crippen LogP contribution in [0.2, 0.25) is 19.6 Å². The Kier molecular flexibility index (Phi) is 5.02. The molecule has 1 rings (SSSR count). The van der Waals surface area contributed by atoms with Crippen LogP contribution >= 0.6 is 31.9 Å². The topological polar surface area (TPSA) is 9.23 Å². The third kappa shape index (κ3) is 4.81. The van der Waals surface area contributed by atoms with Gasteiger partial charge < -0.3 is 4.43 Å². The Hall–Kier alpha value is 0.357. The normalized spacial score (nSPS) is 13.9. The van der Waals surface area contributed by atoms with Crippen LogP contribution in [0.1, 0.15) is 11.7 Å². The number of hydrogen-bond donors (Lipinski definition) is 0. The Morgan fingerprint density at radius 2 is 2.00 bits per heavy atom. The van der Waals surface area contributed by atoms with Crippen LogP contribution in [0.3, 0.4) is 0 Å². The lowest BCUT2D eigenvalue weighted by Gasteiger charge is -2.25. The zero-order valence-electron chi connectivity index (χ0n) is 9.26. The summed E-state index contributed by atoms with van der Waals surface area (Å²) in [5.74, 6) is 0. The van der Waals surface area contributed by atoms with Gasteiger partial charge in [-0.1, -0.05) is 44.0 Å². The van der Waals surface area contributed by atoms with Gasteiger partial charge in [0.2, 0.25) is 0 Å². The fourth-order valence-electron chi connectivity index (χ4n) is 1.32.